The molecule has 0 spiro atoms. The standard InChI is InChI=1S/C68H104O33/c1-26-49(96-56-45(81)38(74)32(73)23-89-56)44(80)48(84)57(90-26)100-54-53(99-58-46(82)40(76)34(94-58)24-88-28(3)71)50(92-29(4)72)27(2)91-61(54)101-62(87)68-19-17-63(5,6)21-31(68)30-11-12-36-64(7)15-14-37(65(8,25-70)35(64)13-16-67(36,10)66(30,9)18-20-68)95-60-52(43(79)42(78)51(97-60)55(85)86)98-59-47(83)41(77)39(75)33(22-69)93-59/h11,25-27,31-54,56-61,69,73-84H,12-24H2,1-10H3,(H,85,86)/t26-,27+,31-,32+,33+,34-,35+,36+,37-,38-,39-,40-,41-,42-,43-,44-,45+,46+,47+,48+,49-,50-,51-,52+,53-,54+,56-,57-,58-,59-,60+,61-,64-,65-,66+,67+,68-/m0/s1. The summed E-state index contributed by atoms with van der Waals surface area (Å²) in [7, 11) is 0. The third kappa shape index (κ3) is 13.9. The molecular formula is C68H104O33. The molecule has 0 aromatic heterocycles. The maximum atomic E-state index is 16.1. The molecule has 37 atom stereocenters. The number of carbonyl (C=O) groups excluding carboxylic acids is 4. The summed E-state index contributed by atoms with van der Waals surface area (Å²) in [6, 6.07) is 0. The van der Waals surface area contributed by atoms with Crippen molar-refractivity contribution in [3.63, 3.8) is 0 Å². The van der Waals surface area contributed by atoms with Gasteiger partial charge in [0.25, 0.3) is 0 Å². The van der Waals surface area contributed by atoms with Crippen LogP contribution in [0.15, 0.2) is 11.6 Å². The third-order valence-corrected chi connectivity index (χ3v) is 25.3. The number of carboxylic acids is 1. The molecule has 0 aromatic carbocycles. The Balaban J connectivity index is 0.883. The molecule has 0 radical (unpaired) electrons. The van der Waals surface area contributed by atoms with E-state index in [0.717, 1.165) is 25.7 Å². The maximum Gasteiger partial charge on any atom is 0.335 e. The fraction of sp³-hybridized carbons (Fsp3) is 0.897. The van der Waals surface area contributed by atoms with Gasteiger partial charge in [-0.05, 0) is 117 Å². The summed E-state index contributed by atoms with van der Waals surface area (Å²) in [6.07, 6.45) is -42.2. The van der Waals surface area contributed by atoms with Crippen LogP contribution in [0.2, 0.25) is 0 Å². The first-order valence-corrected chi connectivity index (χ1v) is 35.2. The number of fused-ring (bicyclic) bond motifs is 7. The molecule has 14 N–H and O–H groups in total. The highest BCUT2D eigenvalue weighted by molar-refractivity contribution is 5.79. The van der Waals surface area contributed by atoms with Crippen molar-refractivity contribution in [1.82, 2.24) is 0 Å². The molecule has 10 fully saturated rings. The largest absolute Gasteiger partial charge is 0.479 e. The van der Waals surface area contributed by atoms with Gasteiger partial charge in [0.05, 0.1) is 42.4 Å². The van der Waals surface area contributed by atoms with E-state index in [4.69, 9.17) is 66.3 Å². The summed E-state index contributed by atoms with van der Waals surface area (Å²) in [5.74, 6) is -4.85. The Bertz CT molecular complexity index is 3010. The van der Waals surface area contributed by atoms with E-state index in [9.17, 15) is 90.7 Å². The third-order valence-electron chi connectivity index (χ3n) is 25.3. The van der Waals surface area contributed by atoms with E-state index >= 15 is 4.79 Å². The lowest BCUT2D eigenvalue weighted by molar-refractivity contribution is -0.382. The Labute approximate surface area is 583 Å². The Morgan fingerprint density at radius 3 is 1.77 bits per heavy atom. The van der Waals surface area contributed by atoms with E-state index in [1.54, 1.807) is 6.92 Å². The highest BCUT2D eigenvalue weighted by Crippen LogP contribution is 2.76. The maximum absolute atomic E-state index is 16.1. The van der Waals surface area contributed by atoms with Gasteiger partial charge >= 0.3 is 23.9 Å². The van der Waals surface area contributed by atoms with E-state index in [-0.39, 0.29) is 23.7 Å². The number of aliphatic carboxylic acids is 1. The van der Waals surface area contributed by atoms with Crippen LogP contribution in [0.1, 0.15) is 133 Å². The fourth-order valence-electron chi connectivity index (χ4n) is 19.3. The normalized spacial score (nSPS) is 51.9. The Hall–Kier alpha value is -3.67. The minimum absolute atomic E-state index is 0.0903. The Kier molecular flexibility index (Phi) is 22.9. The first-order valence-electron chi connectivity index (χ1n) is 35.2. The van der Waals surface area contributed by atoms with Gasteiger partial charge in [-0.2, -0.15) is 0 Å². The van der Waals surface area contributed by atoms with Crippen molar-refractivity contribution < 1.29 is 162 Å². The number of carboxylic acid groups (broad SMARTS) is 1. The highest BCUT2D eigenvalue weighted by Gasteiger charge is 2.71. The molecular weight excluding hydrogens is 1340 g/mol. The second kappa shape index (κ2) is 29.5. The number of aliphatic hydroxyl groups excluding tert-OH is 13. The molecule has 0 bridgehead atoms. The zero-order chi connectivity index (χ0) is 73.9. The summed E-state index contributed by atoms with van der Waals surface area (Å²) >= 11 is 0. The molecule has 574 valence electrons. The number of allylic oxidation sites excluding steroid dienone is 2. The average Bonchev–Trinajstić information content (AvgIpc) is 0.906. The topological polar surface area (TPSA) is 498 Å². The van der Waals surface area contributed by atoms with E-state index in [1.807, 2.05) is 0 Å². The van der Waals surface area contributed by atoms with Crippen molar-refractivity contribution in [2.75, 3.05) is 19.8 Å². The smallest absolute Gasteiger partial charge is 0.335 e. The van der Waals surface area contributed by atoms with Crippen LogP contribution in [0.25, 0.3) is 0 Å². The predicted molar refractivity (Wildman–Crippen MR) is 333 cm³/mol. The number of aliphatic hydroxyl groups is 13. The predicted octanol–water partition coefficient (Wildman–Crippen LogP) is -2.64. The molecule has 33 nitrogen and oxygen atoms in total. The van der Waals surface area contributed by atoms with Crippen molar-refractivity contribution in [1.29, 1.82) is 0 Å². The molecule has 5 aliphatic carbocycles. The van der Waals surface area contributed by atoms with Crippen molar-refractivity contribution in [2.45, 2.75) is 312 Å². The van der Waals surface area contributed by atoms with Crippen LogP contribution in [-0.4, -0.2) is 300 Å². The zero-order valence-corrected chi connectivity index (χ0v) is 58.3. The molecule has 6 saturated heterocycles. The van der Waals surface area contributed by atoms with Crippen molar-refractivity contribution in [3.8, 4) is 0 Å². The summed E-state index contributed by atoms with van der Waals surface area (Å²) in [5.41, 5.74) is -3.48. The van der Waals surface area contributed by atoms with Crippen LogP contribution < -0.4 is 0 Å². The summed E-state index contributed by atoms with van der Waals surface area (Å²) in [4.78, 5) is 67.6. The lowest BCUT2D eigenvalue weighted by Gasteiger charge is -2.71. The van der Waals surface area contributed by atoms with Crippen LogP contribution in [0.3, 0.4) is 0 Å². The monoisotopic (exact) mass is 1450 g/mol. The lowest BCUT2D eigenvalue weighted by atomic mass is 9.33. The van der Waals surface area contributed by atoms with E-state index in [2.05, 4.69) is 40.7 Å². The fourth-order valence-corrected chi connectivity index (χ4v) is 19.3. The van der Waals surface area contributed by atoms with Gasteiger partial charge in [-0.1, -0.05) is 53.2 Å². The molecule has 0 amide bonds. The van der Waals surface area contributed by atoms with Crippen LogP contribution in [0, 0.1) is 50.2 Å². The highest BCUT2D eigenvalue weighted by atomic mass is 16.8. The summed E-state index contributed by atoms with van der Waals surface area (Å²) in [5, 5.41) is 152. The van der Waals surface area contributed by atoms with Crippen molar-refractivity contribution >= 4 is 30.2 Å². The lowest BCUT2D eigenvalue weighted by Crippen LogP contribution is -2.68. The molecule has 33 heteroatoms. The quantitative estimate of drug-likeness (QED) is 0.0219. The molecule has 101 heavy (non-hydrogen) atoms. The second-order valence-electron chi connectivity index (χ2n) is 31.8. The second-order valence-corrected chi connectivity index (χ2v) is 31.8. The molecule has 11 rings (SSSR count). The van der Waals surface area contributed by atoms with Gasteiger partial charge in [-0.15, -0.1) is 0 Å². The molecule has 6 aliphatic heterocycles. The van der Waals surface area contributed by atoms with E-state index in [0.29, 0.717) is 57.8 Å². The Morgan fingerprint density at radius 2 is 1.12 bits per heavy atom. The van der Waals surface area contributed by atoms with Gasteiger partial charge in [0.15, 0.2) is 49.8 Å². The van der Waals surface area contributed by atoms with Crippen LogP contribution in [0.5, 0.6) is 0 Å². The number of ether oxygens (including phenoxy) is 14. The number of esters is 3. The summed E-state index contributed by atoms with van der Waals surface area (Å²) < 4.78 is 84.7. The van der Waals surface area contributed by atoms with Gasteiger partial charge in [-0.25, -0.2) is 4.79 Å². The number of hydrogen-bond acceptors (Lipinski definition) is 32. The van der Waals surface area contributed by atoms with E-state index in [1.165, 1.54) is 13.8 Å². The molecule has 11 aliphatic rings. The van der Waals surface area contributed by atoms with Crippen molar-refractivity contribution in [3.05, 3.63) is 11.6 Å². The zero-order valence-electron chi connectivity index (χ0n) is 58.3. The van der Waals surface area contributed by atoms with Gasteiger partial charge in [0.1, 0.15) is 117 Å². The van der Waals surface area contributed by atoms with Crippen LogP contribution in [-0.2, 0) is 90.3 Å². The van der Waals surface area contributed by atoms with E-state index < -0.39 is 255 Å². The molecule has 0 unspecified atom stereocenters. The summed E-state index contributed by atoms with van der Waals surface area (Å²) in [6.45, 7) is 16.1. The van der Waals surface area contributed by atoms with Crippen LogP contribution >= 0.6 is 0 Å². The number of aldehydes is 1. The minimum atomic E-state index is -2.11. The number of rotatable bonds is 18. The van der Waals surface area contributed by atoms with Gasteiger partial charge in [-0.3, -0.25) is 14.4 Å². The van der Waals surface area contributed by atoms with Gasteiger partial charge < -0.3 is 143 Å². The van der Waals surface area contributed by atoms with Crippen molar-refractivity contribution in [2.24, 2.45) is 50.2 Å². The minimum Gasteiger partial charge on any atom is -0.479 e. The first-order chi connectivity index (χ1) is 47.3. The van der Waals surface area contributed by atoms with Crippen LogP contribution in [0.4, 0.5) is 0 Å². The SMILES string of the molecule is CC(=O)OC[C@@H]1O[C@@H](O[C@H]2[C@@H](OC(C)=O)[C@@H](C)O[C@@H](OC(=O)[C@]34CCC(C)(C)C[C@H]3C3=CC[C@@H]5[C@@]6(C)CC[C@H](O[C@@H]7O[C@H](C(=O)O)[C@@H](O)[C@H](O)[C@H]7O[C@@H]7O[C@H](CO)[C@H](O)[C@H](O)[C@H]7O)[C@@](C)(C=O)[C@@H]6CC[C@@]5(C)[C@]3(C)CC4)[C@@H]2O[C@@H]2O[C@@H](C)[C@H](O[C@@H]3OC[C@@H](O)[C@H](O)[C@H]3O)[C@@H](O)[C@H]2O)[C@H](O)[C@H]1O. The van der Waals surface area contributed by atoms with Gasteiger partial charge in [0, 0.05) is 13.8 Å². The molecule has 6 heterocycles. The average molecular weight is 1450 g/mol. The molecule has 4 saturated carbocycles. The molecule has 0 aromatic rings. The first kappa shape index (κ1) is 78.4. The number of hydrogen-bond donors (Lipinski definition) is 14. The number of carbonyl (C=O) groups is 5. The Morgan fingerprint density at radius 1 is 0.545 bits per heavy atom. The van der Waals surface area contributed by atoms with Gasteiger partial charge in [0.2, 0.25) is 6.29 Å².